The Morgan fingerprint density at radius 3 is 2.60 bits per heavy atom. The van der Waals surface area contributed by atoms with Gasteiger partial charge in [0, 0.05) is 17.3 Å². The molecule has 0 aromatic carbocycles. The van der Waals surface area contributed by atoms with E-state index in [1.807, 2.05) is 13.0 Å². The van der Waals surface area contributed by atoms with Crippen molar-refractivity contribution in [2.45, 2.75) is 58.4 Å². The van der Waals surface area contributed by atoms with Crippen LogP contribution in [0, 0.1) is 5.92 Å². The monoisotopic (exact) mass is 294 g/mol. The first kappa shape index (κ1) is 15.3. The van der Waals surface area contributed by atoms with Crippen molar-refractivity contribution in [3.8, 4) is 0 Å². The number of rotatable bonds is 4. The van der Waals surface area contributed by atoms with Crippen molar-refractivity contribution < 1.29 is 4.79 Å². The molecule has 20 heavy (non-hydrogen) atoms. The fourth-order valence-corrected chi connectivity index (χ4v) is 3.07. The van der Waals surface area contributed by atoms with Gasteiger partial charge < -0.3 is 5.32 Å². The van der Waals surface area contributed by atoms with E-state index in [-0.39, 0.29) is 5.91 Å². The van der Waals surface area contributed by atoms with E-state index >= 15 is 0 Å². The van der Waals surface area contributed by atoms with Gasteiger partial charge in [-0.2, -0.15) is 0 Å². The number of nitrogens with one attached hydrogen (secondary N) is 1. The molecule has 0 saturated heterocycles. The standard InChI is InChI=1S/C16H23ClN2O/c1-3-11-5-7-14(8-6-11)19-16(20)12-9-13(4-2)18-15(17)10-12/h9-11,14H,3-8H2,1-2H3,(H,19,20). The number of aryl methyl sites for hydroxylation is 1. The first-order valence-electron chi connectivity index (χ1n) is 7.59. The second-order valence-electron chi connectivity index (χ2n) is 5.62. The molecule has 1 aliphatic carbocycles. The zero-order chi connectivity index (χ0) is 14.5. The summed E-state index contributed by atoms with van der Waals surface area (Å²) in [6.45, 7) is 4.25. The lowest BCUT2D eigenvalue weighted by Gasteiger charge is -2.28. The molecule has 0 aliphatic heterocycles. The van der Waals surface area contributed by atoms with Crippen LogP contribution in [0.1, 0.15) is 62.0 Å². The Kier molecular flexibility index (Phi) is 5.41. The van der Waals surface area contributed by atoms with Gasteiger partial charge in [0.25, 0.3) is 5.91 Å². The Hall–Kier alpha value is -1.09. The molecule has 1 aliphatic rings. The minimum Gasteiger partial charge on any atom is -0.349 e. The van der Waals surface area contributed by atoms with Crippen molar-refractivity contribution in [2.75, 3.05) is 0 Å². The van der Waals surface area contributed by atoms with Crippen molar-refractivity contribution in [1.29, 1.82) is 0 Å². The van der Waals surface area contributed by atoms with E-state index in [9.17, 15) is 4.79 Å². The molecule has 0 unspecified atom stereocenters. The third-order valence-electron chi connectivity index (χ3n) is 4.23. The maximum absolute atomic E-state index is 12.3. The van der Waals surface area contributed by atoms with E-state index in [1.54, 1.807) is 6.07 Å². The average Bonchev–Trinajstić information content (AvgIpc) is 2.47. The second kappa shape index (κ2) is 7.07. The lowest BCUT2D eigenvalue weighted by atomic mass is 9.84. The summed E-state index contributed by atoms with van der Waals surface area (Å²) in [4.78, 5) is 16.5. The number of hydrogen-bond acceptors (Lipinski definition) is 2. The molecule has 0 spiro atoms. The van der Waals surface area contributed by atoms with Crippen LogP contribution in [0.15, 0.2) is 12.1 Å². The SMILES string of the molecule is CCc1cc(C(=O)NC2CCC(CC)CC2)cc(Cl)n1. The molecule has 0 bridgehead atoms. The highest BCUT2D eigenvalue weighted by Crippen LogP contribution is 2.26. The number of halogens is 1. The number of carbonyl (C=O) groups excluding carboxylic acids is 1. The highest BCUT2D eigenvalue weighted by Gasteiger charge is 2.22. The molecule has 1 fully saturated rings. The molecule has 3 nitrogen and oxygen atoms in total. The van der Waals surface area contributed by atoms with Crippen molar-refractivity contribution in [3.05, 3.63) is 28.5 Å². The molecular weight excluding hydrogens is 272 g/mol. The number of hydrogen-bond donors (Lipinski definition) is 1. The topological polar surface area (TPSA) is 42.0 Å². The third kappa shape index (κ3) is 3.95. The van der Waals surface area contributed by atoms with Gasteiger partial charge in [-0.3, -0.25) is 4.79 Å². The number of amides is 1. The van der Waals surface area contributed by atoms with Crippen molar-refractivity contribution >= 4 is 17.5 Å². The summed E-state index contributed by atoms with van der Waals surface area (Å²) in [5.74, 6) is 0.814. The average molecular weight is 295 g/mol. The van der Waals surface area contributed by atoms with Crippen LogP contribution in [0.3, 0.4) is 0 Å². The van der Waals surface area contributed by atoms with Gasteiger partial charge in [0.15, 0.2) is 0 Å². The summed E-state index contributed by atoms with van der Waals surface area (Å²) in [5, 5.41) is 3.53. The van der Waals surface area contributed by atoms with Gasteiger partial charge >= 0.3 is 0 Å². The molecule has 1 aromatic rings. The summed E-state index contributed by atoms with van der Waals surface area (Å²) < 4.78 is 0. The van der Waals surface area contributed by atoms with Crippen LogP contribution in [0.5, 0.6) is 0 Å². The number of aromatic nitrogens is 1. The van der Waals surface area contributed by atoms with Gasteiger partial charge in [-0.1, -0.05) is 31.9 Å². The summed E-state index contributed by atoms with van der Waals surface area (Å²) >= 11 is 5.96. The smallest absolute Gasteiger partial charge is 0.251 e. The Balaban J connectivity index is 1.97. The van der Waals surface area contributed by atoms with Crippen molar-refractivity contribution in [1.82, 2.24) is 10.3 Å². The summed E-state index contributed by atoms with van der Waals surface area (Å²) in [6, 6.07) is 3.79. The van der Waals surface area contributed by atoms with E-state index in [4.69, 9.17) is 11.6 Å². The molecule has 1 saturated carbocycles. The fourth-order valence-electron chi connectivity index (χ4n) is 2.85. The van der Waals surface area contributed by atoms with Crippen molar-refractivity contribution in [2.24, 2.45) is 5.92 Å². The molecule has 0 atom stereocenters. The van der Waals surface area contributed by atoms with E-state index < -0.39 is 0 Å². The summed E-state index contributed by atoms with van der Waals surface area (Å²) in [5.41, 5.74) is 1.48. The van der Waals surface area contributed by atoms with Crippen LogP contribution >= 0.6 is 11.6 Å². The molecular formula is C16H23ClN2O. The van der Waals surface area contributed by atoms with Crippen molar-refractivity contribution in [3.63, 3.8) is 0 Å². The zero-order valence-electron chi connectivity index (χ0n) is 12.3. The molecule has 1 heterocycles. The molecule has 1 N–H and O–H groups in total. The van der Waals surface area contributed by atoms with Gasteiger partial charge in [-0.05, 0) is 50.2 Å². The minimum atomic E-state index is -0.0241. The Bertz CT molecular complexity index is 468. The second-order valence-corrected chi connectivity index (χ2v) is 6.01. The van der Waals surface area contributed by atoms with E-state index in [1.165, 1.54) is 19.3 Å². The third-order valence-corrected chi connectivity index (χ3v) is 4.42. The Morgan fingerprint density at radius 1 is 1.30 bits per heavy atom. The van der Waals surface area contributed by atoms with Crippen LogP contribution in [-0.2, 0) is 6.42 Å². The van der Waals surface area contributed by atoms with Gasteiger partial charge in [-0.25, -0.2) is 4.98 Å². The number of nitrogens with zero attached hydrogens (tertiary/aromatic N) is 1. The van der Waals surface area contributed by atoms with E-state index in [0.29, 0.717) is 16.8 Å². The molecule has 0 radical (unpaired) electrons. The Labute approximate surface area is 126 Å². The van der Waals surface area contributed by atoms with Crippen LogP contribution in [-0.4, -0.2) is 16.9 Å². The zero-order valence-corrected chi connectivity index (χ0v) is 13.0. The number of carbonyl (C=O) groups is 1. The predicted molar refractivity (Wildman–Crippen MR) is 82.1 cm³/mol. The maximum Gasteiger partial charge on any atom is 0.251 e. The van der Waals surface area contributed by atoms with Gasteiger partial charge in [-0.15, -0.1) is 0 Å². The van der Waals surface area contributed by atoms with Gasteiger partial charge in [0.2, 0.25) is 0 Å². The number of pyridine rings is 1. The highest BCUT2D eigenvalue weighted by molar-refractivity contribution is 6.29. The molecule has 2 rings (SSSR count). The summed E-state index contributed by atoms with van der Waals surface area (Å²) in [6.07, 6.45) is 6.65. The predicted octanol–water partition coefficient (Wildman–Crippen LogP) is 4.00. The van der Waals surface area contributed by atoms with Crippen LogP contribution < -0.4 is 5.32 Å². The fraction of sp³-hybridized carbons (Fsp3) is 0.625. The normalized spacial score (nSPS) is 22.6. The maximum atomic E-state index is 12.3. The summed E-state index contributed by atoms with van der Waals surface area (Å²) in [7, 11) is 0. The molecule has 1 aromatic heterocycles. The van der Waals surface area contributed by atoms with Crippen LogP contribution in [0.4, 0.5) is 0 Å². The largest absolute Gasteiger partial charge is 0.349 e. The van der Waals surface area contributed by atoms with Gasteiger partial charge in [0.1, 0.15) is 5.15 Å². The minimum absolute atomic E-state index is 0.0241. The van der Waals surface area contributed by atoms with E-state index in [2.05, 4.69) is 17.2 Å². The molecule has 1 amide bonds. The van der Waals surface area contributed by atoms with E-state index in [0.717, 1.165) is 30.9 Å². The lowest BCUT2D eigenvalue weighted by molar-refractivity contribution is 0.0921. The van der Waals surface area contributed by atoms with Crippen LogP contribution in [0.25, 0.3) is 0 Å². The molecule has 4 heteroatoms. The first-order chi connectivity index (χ1) is 9.62. The molecule has 110 valence electrons. The highest BCUT2D eigenvalue weighted by atomic mass is 35.5. The lowest BCUT2D eigenvalue weighted by Crippen LogP contribution is -2.37. The van der Waals surface area contributed by atoms with Crippen LogP contribution in [0.2, 0.25) is 5.15 Å². The first-order valence-corrected chi connectivity index (χ1v) is 7.97. The quantitative estimate of drug-likeness (QED) is 0.853. The van der Waals surface area contributed by atoms with Gasteiger partial charge in [0.05, 0.1) is 0 Å². The Morgan fingerprint density at radius 2 is 2.00 bits per heavy atom.